The third-order valence-corrected chi connectivity index (χ3v) is 4.56. The lowest BCUT2D eigenvalue weighted by Gasteiger charge is -2.34. The van der Waals surface area contributed by atoms with Crippen LogP contribution >= 0.6 is 0 Å². The highest BCUT2D eigenvalue weighted by Gasteiger charge is 2.30. The van der Waals surface area contributed by atoms with Gasteiger partial charge in [-0.3, -0.25) is 9.20 Å². The van der Waals surface area contributed by atoms with Crippen LogP contribution in [0.5, 0.6) is 0 Å². The van der Waals surface area contributed by atoms with Crippen LogP contribution in [-0.2, 0) is 4.79 Å². The first kappa shape index (κ1) is 12.4. The number of imidazole rings is 1. The predicted octanol–water partition coefficient (Wildman–Crippen LogP) is 1.79. The maximum absolute atomic E-state index is 11.1. The first-order valence-electron chi connectivity index (χ1n) is 7.26. The second-order valence-electron chi connectivity index (χ2n) is 5.82. The van der Waals surface area contributed by atoms with E-state index in [9.17, 15) is 4.79 Å². The number of rotatable bonds is 2. The molecule has 0 bridgehead atoms. The molecule has 1 fully saturated rings. The summed E-state index contributed by atoms with van der Waals surface area (Å²) in [7, 11) is 0. The fourth-order valence-electron chi connectivity index (χ4n) is 3.29. The lowest BCUT2D eigenvalue weighted by molar-refractivity contribution is -0.119. The molecule has 6 heteroatoms. The van der Waals surface area contributed by atoms with Gasteiger partial charge in [0.2, 0.25) is 6.41 Å². The highest BCUT2D eigenvalue weighted by Crippen LogP contribution is 2.32. The van der Waals surface area contributed by atoms with Gasteiger partial charge in [0.1, 0.15) is 5.82 Å². The smallest absolute Gasteiger partial charge is 0.209 e. The van der Waals surface area contributed by atoms with E-state index in [2.05, 4.69) is 26.3 Å². The molecule has 1 aliphatic rings. The molecule has 1 N–H and O–H groups in total. The highest BCUT2D eigenvalue weighted by atomic mass is 16.1. The van der Waals surface area contributed by atoms with Gasteiger partial charge in [0.15, 0.2) is 5.65 Å². The molecule has 0 aromatic carbocycles. The van der Waals surface area contributed by atoms with Gasteiger partial charge in [0.05, 0.1) is 23.4 Å². The van der Waals surface area contributed by atoms with Crippen molar-refractivity contribution in [2.24, 2.45) is 5.92 Å². The van der Waals surface area contributed by atoms with Crippen molar-refractivity contribution in [2.45, 2.75) is 19.3 Å². The van der Waals surface area contributed by atoms with Gasteiger partial charge in [-0.2, -0.15) is 0 Å². The van der Waals surface area contributed by atoms with Gasteiger partial charge >= 0.3 is 0 Å². The Balaban J connectivity index is 1.89. The van der Waals surface area contributed by atoms with E-state index in [4.69, 9.17) is 0 Å². The van der Waals surface area contributed by atoms with Gasteiger partial charge < -0.3 is 9.88 Å². The van der Waals surface area contributed by atoms with Gasteiger partial charge in [-0.05, 0) is 18.4 Å². The summed E-state index contributed by atoms with van der Waals surface area (Å²) in [6, 6.07) is 2.02. The molecule has 2 atom stereocenters. The summed E-state index contributed by atoms with van der Waals surface area (Å²) < 4.78 is 2.16. The average molecular weight is 283 g/mol. The third kappa shape index (κ3) is 1.82. The van der Waals surface area contributed by atoms with Gasteiger partial charge in [-0.15, -0.1) is 0 Å². The van der Waals surface area contributed by atoms with E-state index < -0.39 is 0 Å². The van der Waals surface area contributed by atoms with Crippen LogP contribution in [-0.4, -0.2) is 43.8 Å². The Morgan fingerprint density at radius 3 is 3.10 bits per heavy atom. The maximum atomic E-state index is 11.1. The Bertz CT molecular complexity index is 805. The minimum Gasteiger partial charge on any atom is -0.345 e. The molecule has 0 radical (unpaired) electrons. The number of hydrogen-bond donors (Lipinski definition) is 1. The van der Waals surface area contributed by atoms with E-state index in [1.54, 1.807) is 0 Å². The van der Waals surface area contributed by atoms with Crippen LogP contribution in [0.15, 0.2) is 24.7 Å². The molecular weight excluding hydrogens is 266 g/mol. The molecule has 0 saturated carbocycles. The predicted molar refractivity (Wildman–Crippen MR) is 79.0 cm³/mol. The van der Waals surface area contributed by atoms with Crippen LogP contribution in [0.25, 0.3) is 16.7 Å². The van der Waals surface area contributed by atoms with Gasteiger partial charge in [0.25, 0.3) is 0 Å². The van der Waals surface area contributed by atoms with E-state index in [0.29, 0.717) is 5.92 Å². The number of aromatic amines is 1. The number of hydrogen-bond acceptors (Lipinski definition) is 3. The molecule has 2 unspecified atom stereocenters. The Kier molecular flexibility index (Phi) is 2.70. The monoisotopic (exact) mass is 283 g/mol. The Morgan fingerprint density at radius 1 is 1.38 bits per heavy atom. The quantitative estimate of drug-likeness (QED) is 0.729. The van der Waals surface area contributed by atoms with Crippen LogP contribution in [0, 0.1) is 5.92 Å². The first-order chi connectivity index (χ1) is 10.3. The van der Waals surface area contributed by atoms with Crippen LogP contribution in [0.3, 0.4) is 0 Å². The van der Waals surface area contributed by atoms with Crippen molar-refractivity contribution in [1.82, 2.24) is 24.3 Å². The number of nitrogens with zero attached hydrogens (tertiary/aromatic N) is 4. The molecule has 1 aliphatic heterocycles. The number of carbonyl (C=O) groups excluding carboxylic acids is 1. The number of carbonyl (C=O) groups is 1. The van der Waals surface area contributed by atoms with Gasteiger partial charge in [-0.25, -0.2) is 9.97 Å². The third-order valence-electron chi connectivity index (χ3n) is 4.56. The van der Waals surface area contributed by atoms with E-state index in [-0.39, 0.29) is 5.92 Å². The highest BCUT2D eigenvalue weighted by molar-refractivity contribution is 5.75. The fourth-order valence-corrected chi connectivity index (χ4v) is 3.29. The Labute approximate surface area is 121 Å². The van der Waals surface area contributed by atoms with Crippen LogP contribution in [0.2, 0.25) is 0 Å². The molecule has 1 amide bonds. The SMILES string of the molecule is CC1CCN(C=O)CC1c1ncc2cnc3[nH]ccc3n12. The normalized spacial score (nSPS) is 23.0. The average Bonchev–Trinajstić information content (AvgIpc) is 3.13. The van der Waals surface area contributed by atoms with Crippen LogP contribution in [0.4, 0.5) is 0 Å². The molecule has 0 aliphatic carbocycles. The topological polar surface area (TPSA) is 66.3 Å². The molecular formula is C15H17N5O. The van der Waals surface area contributed by atoms with Crippen molar-refractivity contribution >= 4 is 23.1 Å². The summed E-state index contributed by atoms with van der Waals surface area (Å²) in [5, 5.41) is 0. The van der Waals surface area contributed by atoms with Crippen molar-refractivity contribution in [3.63, 3.8) is 0 Å². The van der Waals surface area contributed by atoms with Crippen molar-refractivity contribution < 1.29 is 4.79 Å². The summed E-state index contributed by atoms with van der Waals surface area (Å²) in [6.45, 7) is 3.81. The zero-order chi connectivity index (χ0) is 14.4. The van der Waals surface area contributed by atoms with Crippen molar-refractivity contribution in [3.05, 3.63) is 30.5 Å². The Morgan fingerprint density at radius 2 is 2.24 bits per heavy atom. The molecule has 6 nitrogen and oxygen atoms in total. The molecule has 21 heavy (non-hydrogen) atoms. The Hall–Kier alpha value is -2.37. The minimum atomic E-state index is 0.256. The van der Waals surface area contributed by atoms with Crippen LogP contribution < -0.4 is 0 Å². The maximum Gasteiger partial charge on any atom is 0.209 e. The second-order valence-corrected chi connectivity index (χ2v) is 5.82. The van der Waals surface area contributed by atoms with Crippen molar-refractivity contribution in [3.8, 4) is 0 Å². The summed E-state index contributed by atoms with van der Waals surface area (Å²) in [6.07, 6.45) is 7.55. The van der Waals surface area contributed by atoms with Crippen molar-refractivity contribution in [2.75, 3.05) is 13.1 Å². The zero-order valence-electron chi connectivity index (χ0n) is 11.9. The number of amides is 1. The number of piperidine rings is 1. The van der Waals surface area contributed by atoms with Crippen molar-refractivity contribution in [1.29, 1.82) is 0 Å². The lowest BCUT2D eigenvalue weighted by Crippen LogP contribution is -2.38. The number of aromatic nitrogens is 4. The molecule has 4 rings (SSSR count). The van der Waals surface area contributed by atoms with E-state index in [0.717, 1.165) is 48.4 Å². The number of likely N-dealkylation sites (tertiary alicyclic amines) is 1. The lowest BCUT2D eigenvalue weighted by atomic mass is 9.86. The minimum absolute atomic E-state index is 0.256. The standard InChI is InChI=1S/C15H17N5O/c1-10-3-5-19(9-21)8-12(10)15-18-7-11-6-17-14-13(20(11)15)2-4-16-14/h2,4,6-7,9-10,12,16H,3,5,8H2,1H3. The largest absolute Gasteiger partial charge is 0.345 e. The van der Waals surface area contributed by atoms with Gasteiger partial charge in [0, 0.05) is 25.2 Å². The summed E-state index contributed by atoms with van der Waals surface area (Å²) >= 11 is 0. The number of nitrogens with one attached hydrogen (secondary N) is 1. The summed E-state index contributed by atoms with van der Waals surface area (Å²) in [4.78, 5) is 25.1. The van der Waals surface area contributed by atoms with E-state index in [1.165, 1.54) is 0 Å². The molecule has 4 heterocycles. The zero-order valence-corrected chi connectivity index (χ0v) is 11.9. The first-order valence-corrected chi connectivity index (χ1v) is 7.26. The number of H-pyrrole nitrogens is 1. The molecule has 3 aromatic rings. The summed E-state index contributed by atoms with van der Waals surface area (Å²) in [5.41, 5.74) is 2.89. The summed E-state index contributed by atoms with van der Waals surface area (Å²) in [5.74, 6) is 1.79. The van der Waals surface area contributed by atoms with E-state index in [1.807, 2.05) is 29.6 Å². The van der Waals surface area contributed by atoms with Crippen LogP contribution in [0.1, 0.15) is 25.1 Å². The molecule has 0 spiro atoms. The molecule has 108 valence electrons. The number of fused-ring (bicyclic) bond motifs is 3. The molecule has 3 aromatic heterocycles. The van der Waals surface area contributed by atoms with Gasteiger partial charge in [-0.1, -0.05) is 6.92 Å². The fraction of sp³-hybridized carbons (Fsp3) is 0.400. The second kappa shape index (κ2) is 4.58. The molecule has 1 saturated heterocycles. The van der Waals surface area contributed by atoms with E-state index >= 15 is 0 Å².